The number of carbonyl (C=O) groups is 1. The first-order valence-electron chi connectivity index (χ1n) is 10.9. The maximum Gasteiger partial charge on any atom is 0.337 e. The molecule has 1 aromatic heterocycles. The van der Waals surface area contributed by atoms with Crippen molar-refractivity contribution < 1.29 is 33.3 Å². The first kappa shape index (κ1) is 24.9. The van der Waals surface area contributed by atoms with Gasteiger partial charge in [0.05, 0.1) is 37.7 Å². The number of quaternary nitrogens is 1. The second-order valence-corrected chi connectivity index (χ2v) is 8.79. The van der Waals surface area contributed by atoms with E-state index in [1.54, 1.807) is 4.57 Å². The molecule has 1 amide bonds. The topological polar surface area (TPSA) is 59.3 Å². The number of halogens is 1. The summed E-state index contributed by atoms with van der Waals surface area (Å²) in [5.74, 6) is 0. The molecule has 1 fully saturated rings. The smallest absolute Gasteiger partial charge is 0.337 e. The standard InChI is InChI=1S/C22H35N5O2.HI/c1-5-6-15-27(4)16-13-24(14-17-27)12-11-23-21(28)26-20-10-8-7-9-19(20)25(18(2)3)22(26)29;/h7-10,18H,5-6,11-17H2,1-4H3;1H. The minimum Gasteiger partial charge on any atom is -1.00 e. The van der Waals surface area contributed by atoms with Gasteiger partial charge in [-0.3, -0.25) is 9.47 Å². The van der Waals surface area contributed by atoms with Gasteiger partial charge in [0.25, 0.3) is 0 Å². The zero-order valence-corrected chi connectivity index (χ0v) is 20.9. The second kappa shape index (κ2) is 10.8. The summed E-state index contributed by atoms with van der Waals surface area (Å²) >= 11 is 0. The van der Waals surface area contributed by atoms with E-state index in [1.807, 2.05) is 38.1 Å². The molecule has 1 N–H and O–H groups in total. The molecule has 0 radical (unpaired) electrons. The van der Waals surface area contributed by atoms with Crippen LogP contribution in [-0.4, -0.2) is 77.4 Å². The summed E-state index contributed by atoms with van der Waals surface area (Å²) in [6, 6.07) is 7.13. The fraction of sp³-hybridized carbons (Fsp3) is 0.636. The van der Waals surface area contributed by atoms with E-state index in [0.29, 0.717) is 12.1 Å². The van der Waals surface area contributed by atoms with Gasteiger partial charge in [-0.1, -0.05) is 25.5 Å². The van der Waals surface area contributed by atoms with Crippen LogP contribution in [0.3, 0.4) is 0 Å². The number of fused-ring (bicyclic) bond motifs is 1. The lowest BCUT2D eigenvalue weighted by molar-refractivity contribution is -0.913. The number of piperazine rings is 1. The van der Waals surface area contributed by atoms with Crippen LogP contribution in [0.5, 0.6) is 0 Å². The van der Waals surface area contributed by atoms with Crippen LogP contribution in [0.4, 0.5) is 4.79 Å². The monoisotopic (exact) mass is 529 g/mol. The number of benzene rings is 1. The summed E-state index contributed by atoms with van der Waals surface area (Å²) in [6.07, 6.45) is 2.53. The Morgan fingerprint density at radius 1 is 1.17 bits per heavy atom. The molecule has 0 bridgehead atoms. The van der Waals surface area contributed by atoms with Gasteiger partial charge in [0.1, 0.15) is 0 Å². The van der Waals surface area contributed by atoms with Gasteiger partial charge in [-0.25, -0.2) is 14.2 Å². The van der Waals surface area contributed by atoms with Crippen LogP contribution in [0.15, 0.2) is 29.1 Å². The number of aromatic nitrogens is 2. The van der Waals surface area contributed by atoms with E-state index >= 15 is 0 Å². The molecule has 30 heavy (non-hydrogen) atoms. The van der Waals surface area contributed by atoms with Crippen LogP contribution in [-0.2, 0) is 0 Å². The Labute approximate surface area is 196 Å². The van der Waals surface area contributed by atoms with E-state index in [2.05, 4.69) is 24.2 Å². The summed E-state index contributed by atoms with van der Waals surface area (Å²) in [4.78, 5) is 28.1. The Morgan fingerprint density at radius 2 is 1.80 bits per heavy atom. The predicted molar refractivity (Wildman–Crippen MR) is 118 cm³/mol. The molecule has 1 saturated heterocycles. The summed E-state index contributed by atoms with van der Waals surface area (Å²) in [6.45, 7) is 13.2. The minimum absolute atomic E-state index is 0. The van der Waals surface area contributed by atoms with Gasteiger partial charge >= 0.3 is 11.7 Å². The largest absolute Gasteiger partial charge is 1.00 e. The third-order valence-corrected chi connectivity index (χ3v) is 6.17. The van der Waals surface area contributed by atoms with Crippen LogP contribution in [0, 0.1) is 0 Å². The van der Waals surface area contributed by atoms with E-state index in [-0.39, 0.29) is 41.7 Å². The highest BCUT2D eigenvalue weighted by Crippen LogP contribution is 2.16. The number of para-hydroxylation sites is 2. The number of unbranched alkanes of at least 4 members (excludes halogenated alkanes) is 1. The number of imidazole rings is 1. The average molecular weight is 529 g/mol. The van der Waals surface area contributed by atoms with Crippen LogP contribution >= 0.6 is 0 Å². The van der Waals surface area contributed by atoms with E-state index in [1.165, 1.54) is 24.0 Å². The van der Waals surface area contributed by atoms with Crippen molar-refractivity contribution in [2.45, 2.75) is 39.7 Å². The normalized spacial score (nSPS) is 16.6. The second-order valence-electron chi connectivity index (χ2n) is 8.79. The molecule has 168 valence electrons. The molecule has 0 saturated carbocycles. The number of nitrogens with one attached hydrogen (secondary N) is 1. The van der Waals surface area contributed by atoms with Crippen molar-refractivity contribution in [2.24, 2.45) is 0 Å². The average Bonchev–Trinajstić information content (AvgIpc) is 3.00. The highest BCUT2D eigenvalue weighted by molar-refractivity contribution is 5.89. The molecule has 7 nitrogen and oxygen atoms in total. The number of hydrogen-bond acceptors (Lipinski definition) is 3. The van der Waals surface area contributed by atoms with Gasteiger partial charge < -0.3 is 33.8 Å². The maximum atomic E-state index is 12.8. The molecule has 2 aromatic rings. The summed E-state index contributed by atoms with van der Waals surface area (Å²) in [7, 11) is 2.35. The summed E-state index contributed by atoms with van der Waals surface area (Å²) < 4.78 is 4.10. The Balaban J connectivity index is 0.00000320. The lowest BCUT2D eigenvalue weighted by Gasteiger charge is -2.42. The van der Waals surface area contributed by atoms with Gasteiger partial charge in [-0.2, -0.15) is 0 Å². The van der Waals surface area contributed by atoms with Crippen LogP contribution < -0.4 is 35.0 Å². The van der Waals surface area contributed by atoms with Crippen molar-refractivity contribution in [3.05, 3.63) is 34.7 Å². The quantitative estimate of drug-likeness (QED) is 0.389. The maximum absolute atomic E-state index is 12.8. The SMILES string of the molecule is CCCC[N+]1(C)CCN(CCNC(=O)n2c(=O)n(C(C)C)c3ccccc32)CC1.[I-]. The van der Waals surface area contributed by atoms with Gasteiger partial charge in [-0.05, 0) is 32.4 Å². The predicted octanol–water partition coefficient (Wildman–Crippen LogP) is -0.492. The van der Waals surface area contributed by atoms with Gasteiger partial charge in [0, 0.05) is 32.2 Å². The molecule has 0 spiro atoms. The molecule has 1 aromatic carbocycles. The van der Waals surface area contributed by atoms with E-state index in [4.69, 9.17) is 0 Å². The van der Waals surface area contributed by atoms with Crippen LogP contribution in [0.2, 0.25) is 0 Å². The van der Waals surface area contributed by atoms with E-state index in [0.717, 1.165) is 42.7 Å². The Kier molecular flexibility index (Phi) is 8.93. The molecule has 2 heterocycles. The highest BCUT2D eigenvalue weighted by Gasteiger charge is 2.28. The number of hydrogen-bond donors (Lipinski definition) is 1. The fourth-order valence-corrected chi connectivity index (χ4v) is 4.24. The third kappa shape index (κ3) is 5.45. The van der Waals surface area contributed by atoms with Gasteiger partial charge in [0.15, 0.2) is 0 Å². The Hall–Kier alpha value is -1.39. The molecule has 0 unspecified atom stereocenters. The first-order valence-corrected chi connectivity index (χ1v) is 10.9. The molecular weight excluding hydrogens is 493 g/mol. The number of amides is 1. The Bertz CT molecular complexity index is 897. The Morgan fingerprint density at radius 3 is 2.40 bits per heavy atom. The summed E-state index contributed by atoms with van der Waals surface area (Å²) in [5.41, 5.74) is 1.18. The third-order valence-electron chi connectivity index (χ3n) is 6.17. The summed E-state index contributed by atoms with van der Waals surface area (Å²) in [5, 5.41) is 2.95. The van der Waals surface area contributed by atoms with E-state index < -0.39 is 0 Å². The van der Waals surface area contributed by atoms with Crippen molar-refractivity contribution in [2.75, 3.05) is 52.9 Å². The highest BCUT2D eigenvalue weighted by atomic mass is 127. The number of rotatable bonds is 7. The zero-order valence-electron chi connectivity index (χ0n) is 18.7. The van der Waals surface area contributed by atoms with Crippen molar-refractivity contribution in [3.8, 4) is 0 Å². The molecule has 8 heteroatoms. The zero-order chi connectivity index (χ0) is 21.0. The number of likely N-dealkylation sites (N-methyl/N-ethyl adjacent to an activating group) is 1. The van der Waals surface area contributed by atoms with Gasteiger partial charge in [0.2, 0.25) is 0 Å². The minimum atomic E-state index is -0.342. The van der Waals surface area contributed by atoms with Crippen LogP contribution in [0.1, 0.15) is 39.7 Å². The van der Waals surface area contributed by atoms with Crippen molar-refractivity contribution >= 4 is 17.1 Å². The van der Waals surface area contributed by atoms with E-state index in [9.17, 15) is 9.59 Å². The first-order chi connectivity index (χ1) is 13.9. The van der Waals surface area contributed by atoms with Crippen LogP contribution in [0.25, 0.3) is 11.0 Å². The molecule has 0 aliphatic carbocycles. The lowest BCUT2D eigenvalue weighted by atomic mass is 10.2. The lowest BCUT2D eigenvalue weighted by Crippen LogP contribution is -3.00. The number of carbonyl (C=O) groups excluding carboxylic acids is 1. The molecule has 0 atom stereocenters. The fourth-order valence-electron chi connectivity index (χ4n) is 4.24. The molecule has 1 aliphatic heterocycles. The van der Waals surface area contributed by atoms with Crippen molar-refractivity contribution in [3.63, 3.8) is 0 Å². The van der Waals surface area contributed by atoms with Crippen molar-refractivity contribution in [1.29, 1.82) is 0 Å². The molecular formula is C22H36IN5O2. The molecule has 3 rings (SSSR count). The molecule has 1 aliphatic rings. The van der Waals surface area contributed by atoms with Crippen molar-refractivity contribution in [1.82, 2.24) is 19.4 Å². The van der Waals surface area contributed by atoms with Gasteiger partial charge in [-0.15, -0.1) is 0 Å². The number of nitrogens with zero attached hydrogens (tertiary/aromatic N) is 4.